The first-order valence-corrected chi connectivity index (χ1v) is 8.11. The molecule has 0 bridgehead atoms. The van der Waals surface area contributed by atoms with E-state index in [0.29, 0.717) is 6.61 Å². The fourth-order valence-corrected chi connectivity index (χ4v) is 3.22. The molecule has 0 spiro atoms. The van der Waals surface area contributed by atoms with Crippen LogP contribution in [0.25, 0.3) is 11.3 Å². The molecule has 1 atom stereocenters. The summed E-state index contributed by atoms with van der Waals surface area (Å²) < 4.78 is 7.94. The SMILES string of the molecule is c1cc(-c2nnn3c2CO[C@H](CNCC2CC2)C3)cs1. The van der Waals surface area contributed by atoms with E-state index in [2.05, 4.69) is 32.5 Å². The van der Waals surface area contributed by atoms with Crippen LogP contribution >= 0.6 is 11.3 Å². The third-order valence-corrected chi connectivity index (χ3v) is 4.65. The molecule has 6 heteroatoms. The molecule has 0 radical (unpaired) electrons. The van der Waals surface area contributed by atoms with Crippen LogP contribution in [0.4, 0.5) is 0 Å². The van der Waals surface area contributed by atoms with E-state index in [9.17, 15) is 0 Å². The third-order valence-electron chi connectivity index (χ3n) is 3.97. The minimum Gasteiger partial charge on any atom is -0.369 e. The Morgan fingerprint density at radius 3 is 3.15 bits per heavy atom. The maximum atomic E-state index is 5.94. The highest BCUT2D eigenvalue weighted by molar-refractivity contribution is 7.08. The highest BCUT2D eigenvalue weighted by Gasteiger charge is 2.25. The van der Waals surface area contributed by atoms with Gasteiger partial charge in [0.25, 0.3) is 0 Å². The summed E-state index contributed by atoms with van der Waals surface area (Å²) in [4.78, 5) is 0. The molecule has 2 aromatic heterocycles. The summed E-state index contributed by atoms with van der Waals surface area (Å²) in [6.07, 6.45) is 2.98. The standard InChI is InChI=1S/C14H18N4OS/c1-2-10(1)5-15-6-12-7-18-13(8-19-12)14(16-17-18)11-3-4-20-9-11/h3-4,9-10,12,15H,1-2,5-8H2/t12-/m1/s1. The second-order valence-electron chi connectivity index (χ2n) is 5.61. The van der Waals surface area contributed by atoms with Crippen LogP contribution in [0.15, 0.2) is 16.8 Å². The lowest BCUT2D eigenvalue weighted by Gasteiger charge is -2.24. The average molecular weight is 290 g/mol. The molecule has 2 aliphatic rings. The summed E-state index contributed by atoms with van der Waals surface area (Å²) in [5, 5.41) is 16.3. The molecule has 0 aromatic carbocycles. The van der Waals surface area contributed by atoms with Crippen molar-refractivity contribution in [2.24, 2.45) is 5.92 Å². The smallest absolute Gasteiger partial charge is 0.119 e. The second kappa shape index (κ2) is 5.27. The van der Waals surface area contributed by atoms with Crippen LogP contribution in [-0.2, 0) is 17.9 Å². The number of fused-ring (bicyclic) bond motifs is 1. The maximum Gasteiger partial charge on any atom is 0.119 e. The first-order chi connectivity index (χ1) is 9.90. The molecule has 4 rings (SSSR count). The van der Waals surface area contributed by atoms with E-state index in [4.69, 9.17) is 4.74 Å². The van der Waals surface area contributed by atoms with Gasteiger partial charge in [-0.1, -0.05) is 5.21 Å². The molecule has 3 heterocycles. The molecule has 5 nitrogen and oxygen atoms in total. The number of nitrogens with one attached hydrogen (secondary N) is 1. The lowest BCUT2D eigenvalue weighted by Crippen LogP contribution is -2.37. The molecule has 0 unspecified atom stereocenters. The van der Waals surface area contributed by atoms with Crippen molar-refractivity contribution >= 4 is 11.3 Å². The molecule has 2 aromatic rings. The monoisotopic (exact) mass is 290 g/mol. The van der Waals surface area contributed by atoms with Crippen LogP contribution in [-0.4, -0.2) is 34.2 Å². The van der Waals surface area contributed by atoms with Crippen molar-refractivity contribution < 1.29 is 4.74 Å². The second-order valence-corrected chi connectivity index (χ2v) is 6.39. The predicted octanol–water partition coefficient (Wildman–Crippen LogP) is 1.90. The van der Waals surface area contributed by atoms with Gasteiger partial charge in [-0.15, -0.1) is 5.10 Å². The topological polar surface area (TPSA) is 52.0 Å². The molecule has 0 amide bonds. The molecule has 1 aliphatic carbocycles. The Morgan fingerprint density at radius 2 is 2.35 bits per heavy atom. The number of hydrogen-bond acceptors (Lipinski definition) is 5. The van der Waals surface area contributed by atoms with Gasteiger partial charge in [0.15, 0.2) is 0 Å². The van der Waals surface area contributed by atoms with E-state index < -0.39 is 0 Å². The molecule has 106 valence electrons. The zero-order valence-electron chi connectivity index (χ0n) is 11.3. The third kappa shape index (κ3) is 2.51. The fourth-order valence-electron chi connectivity index (χ4n) is 2.58. The van der Waals surface area contributed by atoms with Crippen LogP contribution in [0.3, 0.4) is 0 Å². The summed E-state index contributed by atoms with van der Waals surface area (Å²) in [5.41, 5.74) is 3.21. The van der Waals surface area contributed by atoms with Crippen molar-refractivity contribution in [3.63, 3.8) is 0 Å². The van der Waals surface area contributed by atoms with Crippen LogP contribution in [0, 0.1) is 5.92 Å². The van der Waals surface area contributed by atoms with Crippen molar-refractivity contribution in [3.05, 3.63) is 22.5 Å². The molecule has 0 saturated heterocycles. The Balaban J connectivity index is 1.41. The van der Waals surface area contributed by atoms with E-state index in [-0.39, 0.29) is 6.10 Å². The Kier molecular flexibility index (Phi) is 3.29. The van der Waals surface area contributed by atoms with Crippen LogP contribution < -0.4 is 5.32 Å². The number of nitrogens with zero attached hydrogens (tertiary/aromatic N) is 3. The number of hydrogen-bond donors (Lipinski definition) is 1. The lowest BCUT2D eigenvalue weighted by molar-refractivity contribution is 0.00139. The van der Waals surface area contributed by atoms with Crippen LogP contribution in [0.2, 0.25) is 0 Å². The number of rotatable bonds is 5. The zero-order valence-corrected chi connectivity index (χ0v) is 12.1. The first kappa shape index (κ1) is 12.5. The highest BCUT2D eigenvalue weighted by atomic mass is 32.1. The van der Waals surface area contributed by atoms with Gasteiger partial charge in [0.2, 0.25) is 0 Å². The van der Waals surface area contributed by atoms with Crippen LogP contribution in [0.5, 0.6) is 0 Å². The van der Waals surface area contributed by atoms with Gasteiger partial charge < -0.3 is 10.1 Å². The van der Waals surface area contributed by atoms with Gasteiger partial charge >= 0.3 is 0 Å². The van der Waals surface area contributed by atoms with E-state index in [1.54, 1.807) is 11.3 Å². The van der Waals surface area contributed by atoms with E-state index >= 15 is 0 Å². The Morgan fingerprint density at radius 1 is 1.40 bits per heavy atom. The van der Waals surface area contributed by atoms with Gasteiger partial charge in [0.05, 0.1) is 24.9 Å². The number of aromatic nitrogens is 3. The van der Waals surface area contributed by atoms with Gasteiger partial charge in [-0.25, -0.2) is 4.68 Å². The average Bonchev–Trinajstić information content (AvgIpc) is 2.98. The van der Waals surface area contributed by atoms with Crippen molar-refractivity contribution in [1.29, 1.82) is 0 Å². The lowest BCUT2D eigenvalue weighted by atomic mass is 10.2. The summed E-state index contributed by atoms with van der Waals surface area (Å²) >= 11 is 1.68. The predicted molar refractivity (Wildman–Crippen MR) is 77.5 cm³/mol. The van der Waals surface area contributed by atoms with Gasteiger partial charge in [-0.05, 0) is 36.8 Å². The van der Waals surface area contributed by atoms with Gasteiger partial charge in [0, 0.05) is 17.5 Å². The van der Waals surface area contributed by atoms with Crippen LogP contribution in [0.1, 0.15) is 18.5 Å². The number of thiophene rings is 1. The first-order valence-electron chi connectivity index (χ1n) is 7.17. The Bertz CT molecular complexity index is 576. The summed E-state index contributed by atoms with van der Waals surface area (Å²) in [5.74, 6) is 0.908. The maximum absolute atomic E-state index is 5.94. The van der Waals surface area contributed by atoms with Gasteiger partial charge in [0.1, 0.15) is 5.69 Å². The van der Waals surface area contributed by atoms with Gasteiger partial charge in [-0.2, -0.15) is 11.3 Å². The van der Waals surface area contributed by atoms with Crippen molar-refractivity contribution in [2.45, 2.75) is 32.1 Å². The van der Waals surface area contributed by atoms with E-state index in [1.165, 1.54) is 12.8 Å². The van der Waals surface area contributed by atoms with Crippen molar-refractivity contribution in [2.75, 3.05) is 13.1 Å². The van der Waals surface area contributed by atoms with E-state index in [0.717, 1.165) is 42.5 Å². The molecular formula is C14H18N4OS. The van der Waals surface area contributed by atoms with Crippen molar-refractivity contribution in [1.82, 2.24) is 20.3 Å². The molecule has 1 aliphatic heterocycles. The molecule has 1 fully saturated rings. The molecule has 1 saturated carbocycles. The summed E-state index contributed by atoms with van der Waals surface area (Å²) in [7, 11) is 0. The van der Waals surface area contributed by atoms with Gasteiger partial charge in [-0.3, -0.25) is 0 Å². The molecule has 1 N–H and O–H groups in total. The summed E-state index contributed by atoms with van der Waals surface area (Å²) in [6.45, 7) is 3.44. The largest absolute Gasteiger partial charge is 0.369 e. The fraction of sp³-hybridized carbons (Fsp3) is 0.571. The molecular weight excluding hydrogens is 272 g/mol. The Labute approximate surface area is 121 Å². The normalized spacial score (nSPS) is 21.9. The van der Waals surface area contributed by atoms with E-state index in [1.807, 2.05) is 4.68 Å². The Hall–Kier alpha value is -1.24. The minimum absolute atomic E-state index is 0.207. The minimum atomic E-state index is 0.207. The van der Waals surface area contributed by atoms with Crippen molar-refractivity contribution in [3.8, 4) is 11.3 Å². The zero-order chi connectivity index (χ0) is 13.4. The molecule has 20 heavy (non-hydrogen) atoms. The quantitative estimate of drug-likeness (QED) is 0.914. The summed E-state index contributed by atoms with van der Waals surface area (Å²) in [6, 6.07) is 2.08. The number of ether oxygens (including phenoxy) is 1. The highest BCUT2D eigenvalue weighted by Crippen LogP contribution is 2.28.